The molecule has 2 heterocycles. The van der Waals surface area contributed by atoms with Crippen LogP contribution in [0.4, 0.5) is 0 Å². The first-order valence-corrected chi connectivity index (χ1v) is 8.18. The second-order valence-electron chi connectivity index (χ2n) is 6.34. The van der Waals surface area contributed by atoms with E-state index >= 15 is 0 Å². The van der Waals surface area contributed by atoms with Crippen LogP contribution >= 0.6 is 0 Å². The topological polar surface area (TPSA) is 52.2 Å². The zero-order valence-corrected chi connectivity index (χ0v) is 13.8. The zero-order chi connectivity index (χ0) is 16.2. The number of nitrogens with one attached hydrogen (secondary N) is 1. The van der Waals surface area contributed by atoms with E-state index in [1.807, 2.05) is 24.9 Å². The molecule has 1 aromatic heterocycles. The minimum Gasteiger partial charge on any atom is -0.337 e. The summed E-state index contributed by atoms with van der Waals surface area (Å²) in [5, 5.41) is 6.80. The molecular weight excluding hydrogens is 288 g/mol. The molecule has 1 aliphatic rings. The van der Waals surface area contributed by atoms with Gasteiger partial charge in [-0.15, -0.1) is 0 Å². The van der Waals surface area contributed by atoms with Crippen LogP contribution in [0.15, 0.2) is 36.5 Å². The quantitative estimate of drug-likeness (QED) is 0.943. The average Bonchev–Trinajstić information content (AvgIpc) is 3.01. The van der Waals surface area contributed by atoms with Crippen LogP contribution < -0.4 is 0 Å². The van der Waals surface area contributed by atoms with Crippen molar-refractivity contribution >= 4 is 5.91 Å². The van der Waals surface area contributed by atoms with Crippen molar-refractivity contribution in [1.82, 2.24) is 20.0 Å². The fourth-order valence-electron chi connectivity index (χ4n) is 3.25. The van der Waals surface area contributed by atoms with Crippen LogP contribution in [-0.2, 0) is 6.54 Å². The van der Waals surface area contributed by atoms with Crippen molar-refractivity contribution in [3.8, 4) is 0 Å². The molecule has 0 saturated carbocycles. The van der Waals surface area contributed by atoms with Crippen LogP contribution in [0.2, 0.25) is 0 Å². The van der Waals surface area contributed by atoms with Gasteiger partial charge in [-0.3, -0.25) is 14.8 Å². The van der Waals surface area contributed by atoms with Crippen molar-refractivity contribution in [1.29, 1.82) is 0 Å². The lowest BCUT2D eigenvalue weighted by molar-refractivity contribution is 0.0608. The van der Waals surface area contributed by atoms with Crippen molar-refractivity contribution in [3.63, 3.8) is 0 Å². The number of aryl methyl sites for hydroxylation is 1. The van der Waals surface area contributed by atoms with Gasteiger partial charge in [0.1, 0.15) is 0 Å². The van der Waals surface area contributed by atoms with Crippen LogP contribution in [0.5, 0.6) is 0 Å². The minimum absolute atomic E-state index is 0.0582. The molecular formula is C18H24N4O. The number of hydrogen-bond acceptors (Lipinski definition) is 3. The number of likely N-dealkylation sites (tertiary alicyclic amines) is 1. The molecule has 1 amide bonds. The Hall–Kier alpha value is -2.14. The average molecular weight is 312 g/mol. The molecule has 2 aromatic rings. The molecule has 1 aromatic carbocycles. The first-order chi connectivity index (χ1) is 11.1. The molecule has 1 fully saturated rings. The van der Waals surface area contributed by atoms with E-state index < -0.39 is 0 Å². The van der Waals surface area contributed by atoms with Crippen molar-refractivity contribution in [2.75, 3.05) is 20.1 Å². The van der Waals surface area contributed by atoms with Gasteiger partial charge in [-0.2, -0.15) is 5.10 Å². The maximum Gasteiger partial charge on any atom is 0.257 e. The summed E-state index contributed by atoms with van der Waals surface area (Å²) < 4.78 is 0. The van der Waals surface area contributed by atoms with Crippen molar-refractivity contribution in [2.45, 2.75) is 32.4 Å². The number of aromatic nitrogens is 2. The third-order valence-corrected chi connectivity index (χ3v) is 4.66. The van der Waals surface area contributed by atoms with Crippen molar-refractivity contribution in [3.05, 3.63) is 53.3 Å². The lowest BCUT2D eigenvalue weighted by atomic mass is 10.0. The number of H-pyrrole nitrogens is 1. The molecule has 5 heteroatoms. The molecule has 0 aliphatic carbocycles. The lowest BCUT2D eigenvalue weighted by Crippen LogP contribution is -2.48. The molecule has 0 unspecified atom stereocenters. The summed E-state index contributed by atoms with van der Waals surface area (Å²) in [7, 11) is 1.91. The minimum atomic E-state index is 0.0582. The Kier molecular flexibility index (Phi) is 4.76. The summed E-state index contributed by atoms with van der Waals surface area (Å²) in [5.41, 5.74) is 2.83. The van der Waals surface area contributed by atoms with Gasteiger partial charge >= 0.3 is 0 Å². The highest BCUT2D eigenvalue weighted by molar-refractivity contribution is 5.95. The fraction of sp³-hybridized carbons (Fsp3) is 0.444. The molecule has 3 rings (SSSR count). The molecule has 1 saturated heterocycles. The number of likely N-dealkylation sites (N-methyl/N-ethyl adjacent to an activating group) is 1. The second kappa shape index (κ2) is 6.96. The van der Waals surface area contributed by atoms with Gasteiger partial charge in [0.15, 0.2) is 0 Å². The molecule has 1 N–H and O–H groups in total. The van der Waals surface area contributed by atoms with Crippen LogP contribution in [0, 0.1) is 6.92 Å². The predicted octanol–water partition coefficient (Wildman–Crippen LogP) is 2.45. The number of rotatable bonds is 4. The monoisotopic (exact) mass is 312 g/mol. The molecule has 0 bridgehead atoms. The maximum atomic E-state index is 12.6. The molecule has 1 aliphatic heterocycles. The van der Waals surface area contributed by atoms with Crippen LogP contribution in [0.1, 0.15) is 34.5 Å². The normalized spacial score (nSPS) is 18.8. The highest BCUT2D eigenvalue weighted by Crippen LogP contribution is 2.19. The SMILES string of the molecule is Cc1[nH]ncc1C(=O)N(C)[C@@H]1CCCN(Cc2ccccc2)C1. The Morgan fingerprint density at radius 2 is 2.17 bits per heavy atom. The van der Waals surface area contributed by atoms with E-state index in [1.165, 1.54) is 5.56 Å². The van der Waals surface area contributed by atoms with Gasteiger partial charge < -0.3 is 4.90 Å². The van der Waals surface area contributed by atoms with Gasteiger partial charge in [-0.1, -0.05) is 30.3 Å². The number of carbonyl (C=O) groups excluding carboxylic acids is 1. The summed E-state index contributed by atoms with van der Waals surface area (Å²) in [5.74, 6) is 0.0582. The van der Waals surface area contributed by atoms with Crippen LogP contribution in [-0.4, -0.2) is 52.1 Å². The summed E-state index contributed by atoms with van der Waals surface area (Å²) in [6.07, 6.45) is 3.81. The lowest BCUT2D eigenvalue weighted by Gasteiger charge is -2.37. The smallest absolute Gasteiger partial charge is 0.257 e. The number of carbonyl (C=O) groups is 1. The van der Waals surface area contributed by atoms with Crippen molar-refractivity contribution < 1.29 is 4.79 Å². The zero-order valence-electron chi connectivity index (χ0n) is 13.8. The highest BCUT2D eigenvalue weighted by Gasteiger charge is 2.27. The standard InChI is InChI=1S/C18H24N4O/c1-14-17(11-19-20-14)18(23)21(2)16-9-6-10-22(13-16)12-15-7-4-3-5-8-15/h3-5,7-8,11,16H,6,9-10,12-13H2,1-2H3,(H,19,20)/t16-/m1/s1. The molecule has 0 spiro atoms. The van der Waals surface area contributed by atoms with Gasteiger partial charge in [-0.25, -0.2) is 0 Å². The summed E-state index contributed by atoms with van der Waals surface area (Å²) in [4.78, 5) is 17.0. The van der Waals surface area contributed by atoms with E-state index in [4.69, 9.17) is 0 Å². The first kappa shape index (κ1) is 15.7. The van der Waals surface area contributed by atoms with Gasteiger partial charge in [0.25, 0.3) is 5.91 Å². The number of piperidine rings is 1. The van der Waals surface area contributed by atoms with Crippen molar-refractivity contribution in [2.24, 2.45) is 0 Å². The largest absolute Gasteiger partial charge is 0.337 e. The Balaban J connectivity index is 1.64. The predicted molar refractivity (Wildman–Crippen MR) is 90.2 cm³/mol. The van der Waals surface area contributed by atoms with Gasteiger partial charge in [0.2, 0.25) is 0 Å². The Morgan fingerprint density at radius 1 is 1.39 bits per heavy atom. The Bertz CT molecular complexity index is 652. The first-order valence-electron chi connectivity index (χ1n) is 8.18. The van der Waals surface area contributed by atoms with E-state index in [1.54, 1.807) is 6.20 Å². The van der Waals surface area contributed by atoms with Gasteiger partial charge in [-0.05, 0) is 31.9 Å². The maximum absolute atomic E-state index is 12.6. The van der Waals surface area contributed by atoms with E-state index in [-0.39, 0.29) is 11.9 Å². The molecule has 23 heavy (non-hydrogen) atoms. The number of nitrogens with zero attached hydrogens (tertiary/aromatic N) is 3. The fourth-order valence-corrected chi connectivity index (χ4v) is 3.25. The number of benzene rings is 1. The van der Waals surface area contributed by atoms with E-state index in [9.17, 15) is 4.79 Å². The molecule has 1 atom stereocenters. The summed E-state index contributed by atoms with van der Waals surface area (Å²) in [6, 6.07) is 10.8. The van der Waals surface area contributed by atoms with Gasteiger partial charge in [0.05, 0.1) is 11.8 Å². The molecule has 5 nitrogen and oxygen atoms in total. The number of amides is 1. The second-order valence-corrected chi connectivity index (χ2v) is 6.34. The Morgan fingerprint density at radius 3 is 2.87 bits per heavy atom. The third kappa shape index (κ3) is 3.62. The van der Waals surface area contributed by atoms with E-state index in [2.05, 4.69) is 39.4 Å². The Labute approximate surface area is 137 Å². The van der Waals surface area contributed by atoms with Crippen LogP contribution in [0.3, 0.4) is 0 Å². The number of hydrogen-bond donors (Lipinski definition) is 1. The number of aromatic amines is 1. The highest BCUT2D eigenvalue weighted by atomic mass is 16.2. The third-order valence-electron chi connectivity index (χ3n) is 4.66. The summed E-state index contributed by atoms with van der Waals surface area (Å²) >= 11 is 0. The summed E-state index contributed by atoms with van der Waals surface area (Å²) in [6.45, 7) is 4.85. The van der Waals surface area contributed by atoms with Gasteiger partial charge in [0, 0.05) is 31.9 Å². The van der Waals surface area contributed by atoms with E-state index in [0.717, 1.165) is 38.2 Å². The molecule has 122 valence electrons. The molecule has 0 radical (unpaired) electrons. The van der Waals surface area contributed by atoms with E-state index in [0.29, 0.717) is 5.56 Å². The van der Waals surface area contributed by atoms with Crippen LogP contribution in [0.25, 0.3) is 0 Å².